The van der Waals surface area contributed by atoms with Crippen molar-refractivity contribution in [3.05, 3.63) is 54.0 Å². The van der Waals surface area contributed by atoms with Gasteiger partial charge in [-0.25, -0.2) is 4.98 Å². The zero-order chi connectivity index (χ0) is 19.1. The fourth-order valence-corrected chi connectivity index (χ4v) is 4.49. The molecule has 1 saturated heterocycles. The summed E-state index contributed by atoms with van der Waals surface area (Å²) in [6.07, 6.45) is 4.57. The number of benzene rings is 1. The molecule has 1 aromatic carbocycles. The smallest absolute Gasteiger partial charge is 0.254 e. The molecule has 3 aromatic rings. The third-order valence-electron chi connectivity index (χ3n) is 6.19. The first kappa shape index (κ1) is 17.2. The highest BCUT2D eigenvalue weighted by Crippen LogP contribution is 2.45. The maximum absolute atomic E-state index is 13.4. The lowest BCUT2D eigenvalue weighted by Crippen LogP contribution is -2.57. The van der Waals surface area contributed by atoms with Gasteiger partial charge in [-0.1, -0.05) is 36.8 Å². The van der Waals surface area contributed by atoms with E-state index in [0.29, 0.717) is 11.7 Å². The monoisotopic (exact) mass is 376 g/mol. The van der Waals surface area contributed by atoms with Crippen molar-refractivity contribution in [3.8, 4) is 0 Å². The van der Waals surface area contributed by atoms with Crippen molar-refractivity contribution >= 4 is 17.5 Å². The van der Waals surface area contributed by atoms with Gasteiger partial charge in [-0.15, -0.1) is 0 Å². The summed E-state index contributed by atoms with van der Waals surface area (Å²) in [5.41, 5.74) is 1.78. The minimum atomic E-state index is -0.310. The molecule has 1 amide bonds. The average Bonchev–Trinajstić information content (AvgIpc) is 3.16. The molecule has 0 N–H and O–H groups in total. The molecule has 1 saturated carbocycles. The van der Waals surface area contributed by atoms with Crippen LogP contribution in [0.4, 0.5) is 5.82 Å². The highest BCUT2D eigenvalue weighted by molar-refractivity contribution is 5.89. The summed E-state index contributed by atoms with van der Waals surface area (Å²) in [5.74, 6) is 1.90. The van der Waals surface area contributed by atoms with E-state index >= 15 is 0 Å². The number of aromatic nitrogens is 4. The maximum atomic E-state index is 13.4. The molecule has 1 aliphatic carbocycles. The molecule has 144 valence electrons. The van der Waals surface area contributed by atoms with Gasteiger partial charge in [-0.3, -0.25) is 4.79 Å². The Morgan fingerprint density at radius 3 is 2.50 bits per heavy atom. The first-order valence-electron chi connectivity index (χ1n) is 9.95. The molecular weight excluding hydrogens is 352 g/mol. The third-order valence-corrected chi connectivity index (χ3v) is 6.19. The first-order chi connectivity index (χ1) is 13.7. The molecule has 0 unspecified atom stereocenters. The maximum Gasteiger partial charge on any atom is 0.254 e. The predicted octanol–water partition coefficient (Wildman–Crippen LogP) is 2.20. The summed E-state index contributed by atoms with van der Waals surface area (Å²) in [6.45, 7) is 5.00. The van der Waals surface area contributed by atoms with Gasteiger partial charge in [0.05, 0.1) is 5.41 Å². The van der Waals surface area contributed by atoms with Crippen LogP contribution in [0.3, 0.4) is 0 Å². The van der Waals surface area contributed by atoms with Crippen molar-refractivity contribution in [2.75, 3.05) is 31.1 Å². The molecule has 7 nitrogen and oxygen atoms in total. The topological polar surface area (TPSA) is 66.6 Å². The molecule has 7 heteroatoms. The molecule has 2 aromatic heterocycles. The van der Waals surface area contributed by atoms with E-state index in [0.717, 1.165) is 57.0 Å². The second-order valence-corrected chi connectivity index (χ2v) is 7.81. The number of anilines is 1. The van der Waals surface area contributed by atoms with Gasteiger partial charge in [0.1, 0.15) is 12.1 Å². The molecule has 2 fully saturated rings. The first-order valence-corrected chi connectivity index (χ1v) is 9.95. The Morgan fingerprint density at radius 2 is 1.82 bits per heavy atom. The van der Waals surface area contributed by atoms with E-state index in [1.54, 1.807) is 4.52 Å². The normalized spacial score (nSPS) is 18.9. The number of rotatable bonds is 3. The Kier molecular flexibility index (Phi) is 4.03. The molecule has 5 rings (SSSR count). The van der Waals surface area contributed by atoms with E-state index in [9.17, 15) is 4.79 Å². The van der Waals surface area contributed by atoms with Gasteiger partial charge in [0.25, 0.3) is 5.78 Å². The number of amides is 1. The van der Waals surface area contributed by atoms with Gasteiger partial charge in [0, 0.05) is 37.9 Å². The minimum Gasteiger partial charge on any atom is -0.353 e. The minimum absolute atomic E-state index is 0.293. The quantitative estimate of drug-likeness (QED) is 0.701. The highest BCUT2D eigenvalue weighted by Gasteiger charge is 2.47. The van der Waals surface area contributed by atoms with E-state index in [1.165, 1.54) is 11.9 Å². The number of carbonyl (C=O) groups is 1. The molecule has 1 aliphatic heterocycles. The van der Waals surface area contributed by atoms with Crippen LogP contribution in [-0.4, -0.2) is 56.6 Å². The molecule has 3 heterocycles. The van der Waals surface area contributed by atoms with Crippen LogP contribution in [0.1, 0.15) is 30.5 Å². The Balaban J connectivity index is 1.34. The van der Waals surface area contributed by atoms with Gasteiger partial charge < -0.3 is 9.80 Å². The van der Waals surface area contributed by atoms with Gasteiger partial charge in [0.2, 0.25) is 5.91 Å². The molecule has 0 bridgehead atoms. The van der Waals surface area contributed by atoms with Crippen LogP contribution in [0.25, 0.3) is 5.78 Å². The van der Waals surface area contributed by atoms with Crippen LogP contribution < -0.4 is 4.90 Å². The summed E-state index contributed by atoms with van der Waals surface area (Å²) in [4.78, 5) is 26.4. The van der Waals surface area contributed by atoms with Crippen molar-refractivity contribution in [3.63, 3.8) is 0 Å². The number of hydrogen-bond donors (Lipinski definition) is 0. The SMILES string of the molecule is Cc1cc(N2CCN(C(=O)C3(c4ccccc4)CCC3)CC2)n2ncnc2n1. The zero-order valence-corrected chi connectivity index (χ0v) is 16.1. The van der Waals surface area contributed by atoms with Crippen molar-refractivity contribution in [1.82, 2.24) is 24.5 Å². The summed E-state index contributed by atoms with van der Waals surface area (Å²) >= 11 is 0. The van der Waals surface area contributed by atoms with Crippen molar-refractivity contribution in [1.29, 1.82) is 0 Å². The number of carbonyl (C=O) groups excluding carboxylic acids is 1. The van der Waals surface area contributed by atoms with Crippen molar-refractivity contribution in [2.45, 2.75) is 31.6 Å². The summed E-state index contributed by atoms with van der Waals surface area (Å²) < 4.78 is 1.78. The number of nitrogens with zero attached hydrogens (tertiary/aromatic N) is 6. The van der Waals surface area contributed by atoms with Gasteiger partial charge in [0.15, 0.2) is 0 Å². The standard InChI is InChI=1S/C21H24N6O/c1-16-14-18(27-20(24-16)22-15-23-27)25-10-12-26(13-11-25)19(28)21(8-5-9-21)17-6-3-2-4-7-17/h2-4,6-7,14-15H,5,8-13H2,1H3. The molecule has 0 spiro atoms. The molecule has 28 heavy (non-hydrogen) atoms. The highest BCUT2D eigenvalue weighted by atomic mass is 16.2. The van der Waals surface area contributed by atoms with Crippen LogP contribution in [0.15, 0.2) is 42.7 Å². The molecule has 2 aliphatic rings. The lowest BCUT2D eigenvalue weighted by molar-refractivity contribution is -0.141. The van der Waals surface area contributed by atoms with Gasteiger partial charge in [-0.2, -0.15) is 14.6 Å². The van der Waals surface area contributed by atoms with Crippen molar-refractivity contribution in [2.24, 2.45) is 0 Å². The van der Waals surface area contributed by atoms with E-state index in [-0.39, 0.29) is 5.41 Å². The largest absolute Gasteiger partial charge is 0.353 e. The third kappa shape index (κ3) is 2.65. The Hall–Kier alpha value is -2.96. The summed E-state index contributed by atoms with van der Waals surface area (Å²) in [6, 6.07) is 12.3. The fourth-order valence-electron chi connectivity index (χ4n) is 4.49. The molecule has 0 radical (unpaired) electrons. The number of piperazine rings is 1. The van der Waals surface area contributed by atoms with E-state index in [2.05, 4.69) is 37.0 Å². The fraction of sp³-hybridized carbons (Fsp3) is 0.429. The van der Waals surface area contributed by atoms with Crippen LogP contribution >= 0.6 is 0 Å². The Bertz CT molecular complexity index is 1000. The van der Waals surface area contributed by atoms with E-state index < -0.39 is 0 Å². The zero-order valence-electron chi connectivity index (χ0n) is 16.1. The van der Waals surface area contributed by atoms with Gasteiger partial charge >= 0.3 is 0 Å². The van der Waals surface area contributed by atoms with Crippen LogP contribution in [-0.2, 0) is 10.2 Å². The Labute approximate surface area is 164 Å². The van der Waals surface area contributed by atoms with Crippen molar-refractivity contribution < 1.29 is 4.79 Å². The Morgan fingerprint density at radius 1 is 1.07 bits per heavy atom. The number of fused-ring (bicyclic) bond motifs is 1. The second kappa shape index (κ2) is 6.58. The number of hydrogen-bond acceptors (Lipinski definition) is 5. The summed E-state index contributed by atoms with van der Waals surface area (Å²) in [7, 11) is 0. The molecule has 0 atom stereocenters. The lowest BCUT2D eigenvalue weighted by Gasteiger charge is -2.46. The second-order valence-electron chi connectivity index (χ2n) is 7.81. The van der Waals surface area contributed by atoms with Crippen LogP contribution in [0, 0.1) is 6.92 Å². The molecular formula is C21H24N6O. The van der Waals surface area contributed by atoms with Gasteiger partial charge in [-0.05, 0) is 25.3 Å². The van der Waals surface area contributed by atoms with Crippen LogP contribution in [0.5, 0.6) is 0 Å². The van der Waals surface area contributed by atoms with E-state index in [1.807, 2.05) is 31.2 Å². The predicted molar refractivity (Wildman–Crippen MR) is 106 cm³/mol. The van der Waals surface area contributed by atoms with E-state index in [4.69, 9.17) is 0 Å². The average molecular weight is 376 g/mol. The van der Waals surface area contributed by atoms with Crippen LogP contribution in [0.2, 0.25) is 0 Å². The summed E-state index contributed by atoms with van der Waals surface area (Å²) in [5, 5.41) is 4.31. The number of aryl methyl sites for hydroxylation is 1. The lowest BCUT2D eigenvalue weighted by atomic mass is 9.63.